The number of fused-ring (bicyclic) bond motifs is 1. The van der Waals surface area contributed by atoms with Crippen LogP contribution < -0.4 is 5.69 Å². The number of aromatic amines is 1. The molecule has 0 bridgehead atoms. The maximum Gasteiger partial charge on any atom is 0.330 e. The fourth-order valence-electron chi connectivity index (χ4n) is 2.75. The largest absolute Gasteiger partial charge is 0.338 e. The monoisotopic (exact) mass is 340 g/mol. The first-order chi connectivity index (χ1) is 11.4. The molecule has 0 atom stereocenters. The molecule has 0 amide bonds. The van der Waals surface area contributed by atoms with Crippen molar-refractivity contribution in [1.29, 1.82) is 0 Å². The molecule has 1 aromatic carbocycles. The Morgan fingerprint density at radius 2 is 1.88 bits per heavy atom. The smallest absolute Gasteiger partial charge is 0.330 e. The van der Waals surface area contributed by atoms with Gasteiger partial charge in [-0.05, 0) is 18.9 Å². The van der Waals surface area contributed by atoms with Gasteiger partial charge in [-0.25, -0.2) is 9.78 Å². The number of H-pyrrole nitrogens is 1. The molecule has 0 fully saturated rings. The number of nitrogens with one attached hydrogen (secondary N) is 1. The lowest BCUT2D eigenvalue weighted by Gasteiger charge is -2.04. The highest BCUT2D eigenvalue weighted by Gasteiger charge is 2.12. The number of aryl methyl sites for hydroxylation is 2. The van der Waals surface area contributed by atoms with Gasteiger partial charge in [0, 0.05) is 20.5 Å². The Morgan fingerprint density at radius 3 is 2.54 bits per heavy atom. The molecular formula is C18H20N4OS. The van der Waals surface area contributed by atoms with Gasteiger partial charge >= 0.3 is 5.69 Å². The molecule has 0 aliphatic rings. The van der Waals surface area contributed by atoms with Crippen LogP contribution in [0, 0.1) is 11.6 Å². The molecule has 6 heteroatoms. The third kappa shape index (κ3) is 2.97. The maximum atomic E-state index is 12.1. The third-order valence-electron chi connectivity index (χ3n) is 4.14. The number of imidazole rings is 1. The second kappa shape index (κ2) is 6.20. The molecule has 2 heterocycles. The first kappa shape index (κ1) is 16.4. The fourth-order valence-corrected chi connectivity index (χ4v) is 2.97. The van der Waals surface area contributed by atoms with E-state index in [0.717, 1.165) is 17.8 Å². The van der Waals surface area contributed by atoms with Crippen LogP contribution in [0.15, 0.2) is 41.2 Å². The lowest BCUT2D eigenvalue weighted by Crippen LogP contribution is -2.27. The summed E-state index contributed by atoms with van der Waals surface area (Å²) in [5.41, 5.74) is 4.65. The second-order valence-electron chi connectivity index (χ2n) is 6.18. The van der Waals surface area contributed by atoms with E-state index in [9.17, 15) is 4.79 Å². The van der Waals surface area contributed by atoms with Gasteiger partial charge in [-0.3, -0.25) is 9.13 Å². The summed E-state index contributed by atoms with van der Waals surface area (Å²) in [6.07, 6.45) is 1.42. The number of benzene rings is 1. The molecule has 0 saturated carbocycles. The molecule has 5 nitrogen and oxygen atoms in total. The number of rotatable bonds is 4. The van der Waals surface area contributed by atoms with Gasteiger partial charge in [-0.15, -0.1) is 0 Å². The molecule has 2 aromatic heterocycles. The minimum atomic E-state index is -0.177. The first-order valence-corrected chi connectivity index (χ1v) is 8.14. The van der Waals surface area contributed by atoms with E-state index in [1.165, 1.54) is 20.3 Å². The first-order valence-electron chi connectivity index (χ1n) is 7.73. The Labute approximate surface area is 145 Å². The Kier molecular flexibility index (Phi) is 4.24. The average Bonchev–Trinajstić information content (AvgIpc) is 2.97. The molecule has 0 aliphatic heterocycles. The predicted octanol–water partition coefficient (Wildman–Crippen LogP) is 2.98. The summed E-state index contributed by atoms with van der Waals surface area (Å²) in [6.45, 7) is 6.23. The van der Waals surface area contributed by atoms with Crippen molar-refractivity contribution < 1.29 is 0 Å². The van der Waals surface area contributed by atoms with Crippen molar-refractivity contribution in [3.05, 3.63) is 68.5 Å². The normalized spacial score (nSPS) is 11.1. The van der Waals surface area contributed by atoms with Gasteiger partial charge in [0.05, 0.1) is 0 Å². The molecule has 3 aromatic rings. The Bertz CT molecular complexity index is 1040. The van der Waals surface area contributed by atoms with Gasteiger partial charge < -0.3 is 4.98 Å². The topological polar surface area (TPSA) is 55.6 Å². The van der Waals surface area contributed by atoms with Gasteiger partial charge in [-0.2, -0.15) is 0 Å². The number of hydrogen-bond acceptors (Lipinski definition) is 3. The van der Waals surface area contributed by atoms with Gasteiger partial charge in [0.2, 0.25) is 0 Å². The van der Waals surface area contributed by atoms with Crippen LogP contribution >= 0.6 is 12.2 Å². The minimum absolute atomic E-state index is 0.177. The van der Waals surface area contributed by atoms with E-state index < -0.39 is 0 Å². The van der Waals surface area contributed by atoms with Crippen LogP contribution in [0.1, 0.15) is 17.0 Å². The number of allylic oxidation sites excluding steroid dienone is 1. The van der Waals surface area contributed by atoms with Gasteiger partial charge in [0.1, 0.15) is 16.0 Å². The van der Waals surface area contributed by atoms with Crippen LogP contribution in [-0.2, 0) is 26.9 Å². The zero-order valence-electron chi connectivity index (χ0n) is 14.1. The van der Waals surface area contributed by atoms with Gasteiger partial charge in [0.15, 0.2) is 5.65 Å². The van der Waals surface area contributed by atoms with Crippen LogP contribution in [-0.4, -0.2) is 19.1 Å². The number of hydrogen-bond donors (Lipinski definition) is 1. The average molecular weight is 340 g/mol. The molecular weight excluding hydrogens is 320 g/mol. The van der Waals surface area contributed by atoms with Crippen molar-refractivity contribution in [2.24, 2.45) is 14.1 Å². The van der Waals surface area contributed by atoms with Crippen molar-refractivity contribution in [1.82, 2.24) is 19.1 Å². The maximum absolute atomic E-state index is 12.1. The zero-order chi connectivity index (χ0) is 17.4. The van der Waals surface area contributed by atoms with E-state index >= 15 is 0 Å². The van der Waals surface area contributed by atoms with Gasteiger partial charge in [-0.1, -0.05) is 54.2 Å². The van der Waals surface area contributed by atoms with Crippen LogP contribution in [0.5, 0.6) is 0 Å². The van der Waals surface area contributed by atoms with Crippen LogP contribution in [0.25, 0.3) is 11.2 Å². The zero-order valence-corrected chi connectivity index (χ0v) is 14.9. The summed E-state index contributed by atoms with van der Waals surface area (Å²) in [6, 6.07) is 8.43. The Balaban J connectivity index is 1.88. The van der Waals surface area contributed by atoms with E-state index in [1.807, 2.05) is 0 Å². The third-order valence-corrected chi connectivity index (χ3v) is 4.61. The number of nitrogens with zero attached hydrogens (tertiary/aromatic N) is 3. The molecule has 0 spiro atoms. The molecule has 124 valence electrons. The van der Waals surface area contributed by atoms with Crippen molar-refractivity contribution >= 4 is 23.4 Å². The van der Waals surface area contributed by atoms with Crippen LogP contribution in [0.4, 0.5) is 0 Å². The highest BCUT2D eigenvalue weighted by atomic mass is 32.1. The summed E-state index contributed by atoms with van der Waals surface area (Å²) in [5.74, 6) is 0.773. The fraction of sp³-hybridized carbons (Fsp3) is 0.278. The summed E-state index contributed by atoms with van der Waals surface area (Å²) >= 11 is 5.34. The molecule has 0 aliphatic carbocycles. The molecule has 3 rings (SSSR count). The molecule has 0 saturated heterocycles. The standard InChI is InChI=1S/C18H20N4OS/c1-11-5-7-13(8-6-11)9-12(2)10-14-19-15-16(20-14)21(3)18(23)22(4)17(15)24/h5-8H,2,9-10H2,1,3-4H3,(H,19,20). The predicted molar refractivity (Wildman–Crippen MR) is 98.9 cm³/mol. The van der Waals surface area contributed by atoms with Crippen LogP contribution in [0.2, 0.25) is 0 Å². The summed E-state index contributed by atoms with van der Waals surface area (Å²) in [7, 11) is 3.37. The lowest BCUT2D eigenvalue weighted by atomic mass is 10.0. The molecule has 24 heavy (non-hydrogen) atoms. The SMILES string of the molecule is C=C(Cc1ccc(C)cc1)Cc1nc2c([nH]1)c(=S)n(C)c(=O)n2C. The number of aromatic nitrogens is 4. The van der Waals surface area contributed by atoms with Crippen molar-refractivity contribution in [2.75, 3.05) is 0 Å². The van der Waals surface area contributed by atoms with E-state index in [0.29, 0.717) is 22.2 Å². The highest BCUT2D eigenvalue weighted by Crippen LogP contribution is 2.15. The van der Waals surface area contributed by atoms with Crippen LogP contribution in [0.3, 0.4) is 0 Å². The summed E-state index contributed by atoms with van der Waals surface area (Å²) < 4.78 is 3.42. The van der Waals surface area contributed by atoms with E-state index in [4.69, 9.17) is 12.2 Å². The lowest BCUT2D eigenvalue weighted by molar-refractivity contribution is 0.721. The molecule has 0 unspecified atom stereocenters. The second-order valence-corrected chi connectivity index (χ2v) is 6.56. The van der Waals surface area contributed by atoms with Gasteiger partial charge in [0.25, 0.3) is 0 Å². The Morgan fingerprint density at radius 1 is 1.21 bits per heavy atom. The summed E-state index contributed by atoms with van der Waals surface area (Å²) in [5, 5.41) is 0. The van der Waals surface area contributed by atoms with Crippen molar-refractivity contribution in [2.45, 2.75) is 19.8 Å². The summed E-state index contributed by atoms with van der Waals surface area (Å²) in [4.78, 5) is 19.9. The van der Waals surface area contributed by atoms with Crippen molar-refractivity contribution in [3.8, 4) is 0 Å². The molecule has 1 N–H and O–H groups in total. The van der Waals surface area contributed by atoms with E-state index in [2.05, 4.69) is 47.7 Å². The highest BCUT2D eigenvalue weighted by molar-refractivity contribution is 7.71. The minimum Gasteiger partial charge on any atom is -0.338 e. The van der Waals surface area contributed by atoms with E-state index in [1.54, 1.807) is 14.1 Å². The Hall–Kier alpha value is -2.47. The quantitative estimate of drug-likeness (QED) is 0.587. The van der Waals surface area contributed by atoms with E-state index in [-0.39, 0.29) is 5.69 Å². The van der Waals surface area contributed by atoms with Crippen molar-refractivity contribution in [3.63, 3.8) is 0 Å². The molecule has 0 radical (unpaired) electrons.